The second kappa shape index (κ2) is 4.90. The van der Waals surface area contributed by atoms with E-state index in [1.807, 2.05) is 24.3 Å². The Bertz CT molecular complexity index is 587. The molecule has 0 saturated carbocycles. The molecule has 17 heavy (non-hydrogen) atoms. The normalized spacial score (nSPS) is 9.71. The summed E-state index contributed by atoms with van der Waals surface area (Å²) in [7, 11) is 1.61. The van der Waals surface area contributed by atoms with Gasteiger partial charge in [-0.15, -0.1) is 0 Å². The molecule has 0 fully saturated rings. The summed E-state index contributed by atoms with van der Waals surface area (Å²) >= 11 is 5.96. The highest BCUT2D eigenvalue weighted by Crippen LogP contribution is 2.32. The van der Waals surface area contributed by atoms with Crippen LogP contribution in [0.5, 0.6) is 5.75 Å². The third-order valence-electron chi connectivity index (χ3n) is 2.46. The number of halogens is 1. The van der Waals surface area contributed by atoms with E-state index < -0.39 is 0 Å². The van der Waals surface area contributed by atoms with Crippen LogP contribution in [0.15, 0.2) is 42.5 Å². The lowest BCUT2D eigenvalue weighted by molar-refractivity contribution is 0.416. The van der Waals surface area contributed by atoms with Crippen LogP contribution >= 0.6 is 11.6 Å². The number of benzene rings is 2. The lowest BCUT2D eigenvalue weighted by Crippen LogP contribution is -1.89. The third kappa shape index (κ3) is 2.41. The number of ether oxygens (including phenoxy) is 1. The first kappa shape index (κ1) is 11.5. The van der Waals surface area contributed by atoms with Crippen LogP contribution in [-0.4, -0.2) is 7.11 Å². The van der Waals surface area contributed by atoms with Gasteiger partial charge >= 0.3 is 0 Å². The van der Waals surface area contributed by atoms with Crippen molar-refractivity contribution in [1.29, 1.82) is 5.26 Å². The standard InChI is InChI=1S/C14H10ClNO/c1-17-14-6-5-10(9-16)7-13(14)11-3-2-4-12(15)8-11/h2-8H,1H3. The van der Waals surface area contributed by atoms with Gasteiger partial charge in [0.2, 0.25) is 0 Å². The second-order valence-corrected chi connectivity index (χ2v) is 3.97. The van der Waals surface area contributed by atoms with E-state index in [9.17, 15) is 0 Å². The predicted molar refractivity (Wildman–Crippen MR) is 68.2 cm³/mol. The Morgan fingerprint density at radius 1 is 1.18 bits per heavy atom. The number of hydrogen-bond acceptors (Lipinski definition) is 2. The molecule has 2 rings (SSSR count). The number of rotatable bonds is 2. The van der Waals surface area contributed by atoms with Crippen LogP contribution in [0.3, 0.4) is 0 Å². The zero-order chi connectivity index (χ0) is 12.3. The Labute approximate surface area is 105 Å². The van der Waals surface area contributed by atoms with Gasteiger partial charge in [0, 0.05) is 10.6 Å². The van der Waals surface area contributed by atoms with Crippen molar-refractivity contribution in [2.24, 2.45) is 0 Å². The van der Waals surface area contributed by atoms with E-state index >= 15 is 0 Å². The van der Waals surface area contributed by atoms with E-state index in [2.05, 4.69) is 6.07 Å². The summed E-state index contributed by atoms with van der Waals surface area (Å²) in [6.07, 6.45) is 0. The van der Waals surface area contributed by atoms with Crippen LogP contribution in [0.1, 0.15) is 5.56 Å². The summed E-state index contributed by atoms with van der Waals surface area (Å²) in [4.78, 5) is 0. The molecule has 0 aliphatic rings. The predicted octanol–water partition coefficient (Wildman–Crippen LogP) is 3.89. The summed E-state index contributed by atoms with van der Waals surface area (Å²) in [6.45, 7) is 0. The highest BCUT2D eigenvalue weighted by atomic mass is 35.5. The summed E-state index contributed by atoms with van der Waals surface area (Å²) in [5.74, 6) is 0.728. The third-order valence-corrected chi connectivity index (χ3v) is 2.70. The molecule has 3 heteroatoms. The molecule has 2 aromatic rings. The van der Waals surface area contributed by atoms with Gasteiger partial charge in [-0.2, -0.15) is 5.26 Å². The molecule has 2 aromatic carbocycles. The summed E-state index contributed by atoms with van der Waals surface area (Å²) in [5.41, 5.74) is 2.40. The quantitative estimate of drug-likeness (QED) is 0.802. The molecule has 0 unspecified atom stereocenters. The van der Waals surface area contributed by atoms with Gasteiger partial charge in [0.05, 0.1) is 18.7 Å². The number of hydrogen-bond donors (Lipinski definition) is 0. The number of nitrogens with zero attached hydrogens (tertiary/aromatic N) is 1. The SMILES string of the molecule is COc1ccc(C#N)cc1-c1cccc(Cl)c1. The molecule has 0 aliphatic heterocycles. The van der Waals surface area contributed by atoms with Crippen molar-refractivity contribution in [2.75, 3.05) is 7.11 Å². The van der Waals surface area contributed by atoms with Gasteiger partial charge in [-0.3, -0.25) is 0 Å². The first-order valence-electron chi connectivity index (χ1n) is 5.08. The maximum Gasteiger partial charge on any atom is 0.126 e. The monoisotopic (exact) mass is 243 g/mol. The van der Waals surface area contributed by atoms with E-state index in [1.165, 1.54) is 0 Å². The van der Waals surface area contributed by atoms with Crippen LogP contribution < -0.4 is 4.74 Å². The summed E-state index contributed by atoms with van der Waals surface area (Å²) in [5, 5.41) is 9.57. The average molecular weight is 244 g/mol. The number of methoxy groups -OCH3 is 1. The van der Waals surface area contributed by atoms with Crippen LogP contribution in [0, 0.1) is 11.3 Å². The van der Waals surface area contributed by atoms with Gasteiger partial charge < -0.3 is 4.74 Å². The van der Waals surface area contributed by atoms with E-state index in [4.69, 9.17) is 21.6 Å². The summed E-state index contributed by atoms with van der Waals surface area (Å²) < 4.78 is 5.29. The fourth-order valence-corrected chi connectivity index (χ4v) is 1.85. The van der Waals surface area contributed by atoms with Crippen molar-refractivity contribution < 1.29 is 4.74 Å². The fourth-order valence-electron chi connectivity index (χ4n) is 1.66. The lowest BCUT2D eigenvalue weighted by atomic mass is 10.0. The highest BCUT2D eigenvalue weighted by Gasteiger charge is 2.07. The lowest BCUT2D eigenvalue weighted by Gasteiger charge is -2.09. The second-order valence-electron chi connectivity index (χ2n) is 3.54. The molecule has 0 aliphatic carbocycles. The fraction of sp³-hybridized carbons (Fsp3) is 0.0714. The molecule has 0 aromatic heterocycles. The molecule has 84 valence electrons. The molecule has 0 N–H and O–H groups in total. The molecule has 0 spiro atoms. The van der Waals surface area contributed by atoms with Gasteiger partial charge in [-0.1, -0.05) is 23.7 Å². The van der Waals surface area contributed by atoms with Gasteiger partial charge in [-0.25, -0.2) is 0 Å². The van der Waals surface area contributed by atoms with Gasteiger partial charge in [0.1, 0.15) is 5.75 Å². The van der Waals surface area contributed by atoms with E-state index in [-0.39, 0.29) is 0 Å². The Kier molecular flexibility index (Phi) is 3.32. The van der Waals surface area contributed by atoms with E-state index in [0.29, 0.717) is 10.6 Å². The van der Waals surface area contributed by atoms with Crippen molar-refractivity contribution in [1.82, 2.24) is 0 Å². The number of nitriles is 1. The summed E-state index contributed by atoms with van der Waals surface area (Å²) in [6, 6.07) is 14.9. The maximum atomic E-state index is 8.91. The zero-order valence-electron chi connectivity index (χ0n) is 9.27. The Balaban J connectivity index is 2.61. The van der Waals surface area contributed by atoms with Crippen LogP contribution in [-0.2, 0) is 0 Å². The largest absolute Gasteiger partial charge is 0.496 e. The van der Waals surface area contributed by atoms with Crippen molar-refractivity contribution in [3.05, 3.63) is 53.1 Å². The van der Waals surface area contributed by atoms with E-state index in [0.717, 1.165) is 16.9 Å². The smallest absolute Gasteiger partial charge is 0.126 e. The Morgan fingerprint density at radius 2 is 2.00 bits per heavy atom. The van der Waals surface area contributed by atoms with Crippen molar-refractivity contribution in [3.8, 4) is 22.9 Å². The van der Waals surface area contributed by atoms with E-state index in [1.54, 1.807) is 25.3 Å². The molecule has 0 saturated heterocycles. The molecule has 0 radical (unpaired) electrons. The van der Waals surface area contributed by atoms with Gasteiger partial charge in [0.15, 0.2) is 0 Å². The zero-order valence-corrected chi connectivity index (χ0v) is 10.0. The minimum absolute atomic E-state index is 0.598. The minimum Gasteiger partial charge on any atom is -0.496 e. The van der Waals surface area contributed by atoms with Crippen molar-refractivity contribution >= 4 is 11.6 Å². The molecule has 0 amide bonds. The molecular weight excluding hydrogens is 234 g/mol. The topological polar surface area (TPSA) is 33.0 Å². The molecule has 2 nitrogen and oxygen atoms in total. The molecule has 0 atom stereocenters. The minimum atomic E-state index is 0.598. The molecule has 0 bridgehead atoms. The molecule has 0 heterocycles. The van der Waals surface area contributed by atoms with Crippen molar-refractivity contribution in [3.63, 3.8) is 0 Å². The van der Waals surface area contributed by atoms with Crippen LogP contribution in [0.25, 0.3) is 11.1 Å². The maximum absolute atomic E-state index is 8.91. The first-order valence-corrected chi connectivity index (χ1v) is 5.46. The average Bonchev–Trinajstić information content (AvgIpc) is 2.38. The Hall–Kier alpha value is -1.98. The van der Waals surface area contributed by atoms with Crippen molar-refractivity contribution in [2.45, 2.75) is 0 Å². The van der Waals surface area contributed by atoms with Crippen LogP contribution in [0.4, 0.5) is 0 Å². The Morgan fingerprint density at radius 3 is 2.65 bits per heavy atom. The first-order chi connectivity index (χ1) is 8.24. The highest BCUT2D eigenvalue weighted by molar-refractivity contribution is 6.30. The molecular formula is C14H10ClNO. The van der Waals surface area contributed by atoms with Gasteiger partial charge in [0.25, 0.3) is 0 Å². The van der Waals surface area contributed by atoms with Gasteiger partial charge in [-0.05, 0) is 35.9 Å². The van der Waals surface area contributed by atoms with Crippen LogP contribution in [0.2, 0.25) is 5.02 Å².